The van der Waals surface area contributed by atoms with Gasteiger partial charge in [0, 0.05) is 0 Å². The molecule has 0 heterocycles. The molecule has 2 nitrogen and oxygen atoms in total. The number of rotatable bonds is 0. The van der Waals surface area contributed by atoms with Crippen molar-refractivity contribution in [2.45, 2.75) is 38.5 Å². The highest BCUT2D eigenvalue weighted by Gasteiger charge is 1.89. The molecule has 0 aromatic carbocycles. The second-order valence-electron chi connectivity index (χ2n) is 2.59. The van der Waals surface area contributed by atoms with E-state index in [9.17, 15) is 0 Å². The molecule has 0 aromatic heterocycles. The molecule has 0 spiro atoms. The lowest BCUT2D eigenvalue weighted by molar-refractivity contribution is 0.638. The van der Waals surface area contributed by atoms with Gasteiger partial charge in [-0.3, -0.25) is 0 Å². The molecule has 0 saturated heterocycles. The van der Waals surface area contributed by atoms with Gasteiger partial charge in [0.15, 0.2) is 0 Å². The average molecular weight is 152 g/mol. The van der Waals surface area contributed by atoms with Crippen LogP contribution in [-0.4, -0.2) is 6.01 Å². The van der Waals surface area contributed by atoms with Crippen molar-refractivity contribution in [2.75, 3.05) is 0 Å². The van der Waals surface area contributed by atoms with Crippen LogP contribution in [0.25, 0.3) is 0 Å². The summed E-state index contributed by atoms with van der Waals surface area (Å²) in [6, 6.07) is 1.25. The minimum absolute atomic E-state index is 1.25. The lowest BCUT2D eigenvalue weighted by atomic mass is 10.1. The highest BCUT2D eigenvalue weighted by Crippen LogP contribution is 2.09. The Hall–Kier alpha value is -0.880. The molecule has 1 aliphatic rings. The third-order valence-electron chi connectivity index (χ3n) is 1.66. The van der Waals surface area contributed by atoms with Crippen LogP contribution >= 0.6 is 0 Å². The first-order valence-electron chi connectivity index (χ1n) is 4.15. The number of hydrogen-bond acceptors (Lipinski definition) is 2. The normalized spacial score (nSPS) is 16.7. The fourth-order valence-electron chi connectivity index (χ4n) is 1.11. The van der Waals surface area contributed by atoms with E-state index in [1.54, 1.807) is 0 Å². The zero-order valence-corrected chi connectivity index (χ0v) is 6.90. The van der Waals surface area contributed by atoms with Gasteiger partial charge in [-0.15, -0.1) is 0 Å². The van der Waals surface area contributed by atoms with Crippen molar-refractivity contribution in [3.8, 4) is 0 Å². The van der Waals surface area contributed by atoms with Crippen LogP contribution in [0.4, 0.5) is 0 Å². The van der Waals surface area contributed by atoms with Gasteiger partial charge in [-0.2, -0.15) is 0 Å². The summed E-state index contributed by atoms with van der Waals surface area (Å²) in [5.41, 5.74) is 0. The van der Waals surface area contributed by atoms with E-state index in [2.05, 4.69) is 12.2 Å². The summed E-state index contributed by atoms with van der Waals surface area (Å²) in [5.74, 6) is 0. The molecule has 2 N–H and O–H groups in total. The third kappa shape index (κ3) is 9.12. The summed E-state index contributed by atoms with van der Waals surface area (Å²) in [6.07, 6.45) is 13.0. The number of allylic oxidation sites excluding steroid dienone is 2. The monoisotopic (exact) mass is 152 g/mol. The Kier molecular flexibility index (Phi) is 8.39. The molecular weight excluding hydrogens is 136 g/mol. The lowest BCUT2D eigenvalue weighted by Gasteiger charge is -2.00. The van der Waals surface area contributed by atoms with Gasteiger partial charge in [0.2, 0.25) is 0 Å². The van der Waals surface area contributed by atoms with Gasteiger partial charge in [-0.05, 0) is 25.7 Å². The van der Waals surface area contributed by atoms with Gasteiger partial charge in [-0.1, -0.05) is 25.0 Å². The van der Waals surface area contributed by atoms with E-state index in [-0.39, 0.29) is 0 Å². The van der Waals surface area contributed by atoms with Crippen molar-refractivity contribution in [1.82, 2.24) is 0 Å². The highest BCUT2D eigenvalue weighted by atomic mass is 14.4. The number of nitrogens with one attached hydrogen (secondary N) is 2. The predicted molar refractivity (Wildman–Crippen MR) is 47.3 cm³/mol. The highest BCUT2D eigenvalue weighted by molar-refractivity contribution is 5.29. The summed E-state index contributed by atoms with van der Waals surface area (Å²) in [5, 5.41) is 11.2. The maximum Gasteiger partial charge on any atom is 0.0831 e. The summed E-state index contributed by atoms with van der Waals surface area (Å²) >= 11 is 0. The molecule has 0 bridgehead atoms. The maximum absolute atomic E-state index is 5.62. The average Bonchev–Trinajstić information content (AvgIpc) is 1.86. The summed E-state index contributed by atoms with van der Waals surface area (Å²) in [6.45, 7) is 0. The minimum Gasteiger partial charge on any atom is -0.242 e. The van der Waals surface area contributed by atoms with E-state index < -0.39 is 0 Å². The van der Waals surface area contributed by atoms with Crippen LogP contribution < -0.4 is 0 Å². The summed E-state index contributed by atoms with van der Waals surface area (Å²) in [4.78, 5) is 0. The van der Waals surface area contributed by atoms with E-state index in [1.807, 2.05) is 0 Å². The Bertz CT molecular complexity index is 122. The Morgan fingerprint density at radius 1 is 0.818 bits per heavy atom. The molecule has 1 rings (SSSR count). The molecular formula is C9H16N2. The molecule has 0 amide bonds. The van der Waals surface area contributed by atoms with Gasteiger partial charge in [-0.25, -0.2) is 10.8 Å². The topological polar surface area (TPSA) is 47.7 Å². The first-order chi connectivity index (χ1) is 5.41. The van der Waals surface area contributed by atoms with Crippen LogP contribution in [0.3, 0.4) is 0 Å². The van der Waals surface area contributed by atoms with E-state index in [0.29, 0.717) is 0 Å². The molecule has 62 valence electrons. The Labute approximate surface area is 68.3 Å². The van der Waals surface area contributed by atoms with Crippen LogP contribution in [-0.2, 0) is 0 Å². The largest absolute Gasteiger partial charge is 0.242 e. The standard InChI is InChI=1S/C8H14.CH2N2/c1-2-4-6-8-7-5-3-1;2-1-3/h1-2H,3-8H2;2-3H. The van der Waals surface area contributed by atoms with Crippen molar-refractivity contribution in [3.05, 3.63) is 12.2 Å². The quantitative estimate of drug-likeness (QED) is 0.395. The van der Waals surface area contributed by atoms with Crippen LogP contribution in [0.2, 0.25) is 0 Å². The van der Waals surface area contributed by atoms with Gasteiger partial charge in [0.05, 0.1) is 6.01 Å². The van der Waals surface area contributed by atoms with E-state index in [0.717, 1.165) is 0 Å². The zero-order valence-electron chi connectivity index (χ0n) is 6.90. The molecule has 0 aromatic rings. The fourth-order valence-corrected chi connectivity index (χ4v) is 1.11. The smallest absolute Gasteiger partial charge is 0.0831 e. The molecule has 0 radical (unpaired) electrons. The van der Waals surface area contributed by atoms with Crippen molar-refractivity contribution < 1.29 is 0 Å². The van der Waals surface area contributed by atoms with Crippen molar-refractivity contribution in [2.24, 2.45) is 0 Å². The molecule has 0 aliphatic heterocycles. The maximum atomic E-state index is 5.62. The number of hydrogen-bond donors (Lipinski definition) is 2. The van der Waals surface area contributed by atoms with Gasteiger partial charge >= 0.3 is 0 Å². The summed E-state index contributed by atoms with van der Waals surface area (Å²) < 4.78 is 0. The van der Waals surface area contributed by atoms with E-state index in [4.69, 9.17) is 10.8 Å². The van der Waals surface area contributed by atoms with E-state index in [1.165, 1.54) is 44.5 Å². The molecule has 2 heteroatoms. The van der Waals surface area contributed by atoms with Crippen molar-refractivity contribution in [1.29, 1.82) is 10.8 Å². The molecule has 0 fully saturated rings. The zero-order chi connectivity index (χ0) is 8.36. The summed E-state index contributed by atoms with van der Waals surface area (Å²) in [7, 11) is 0. The van der Waals surface area contributed by atoms with E-state index >= 15 is 0 Å². The SMILES string of the molecule is C1=CCCCCCC1.N=C=N. The fraction of sp³-hybridized carbons (Fsp3) is 0.667. The lowest BCUT2D eigenvalue weighted by Crippen LogP contribution is -1.80. The molecule has 0 unspecified atom stereocenters. The minimum atomic E-state index is 1.25. The molecule has 1 aliphatic carbocycles. The first kappa shape index (κ1) is 10.1. The first-order valence-corrected chi connectivity index (χ1v) is 4.15. The Morgan fingerprint density at radius 3 is 1.55 bits per heavy atom. The van der Waals surface area contributed by atoms with Crippen LogP contribution in [0, 0.1) is 10.8 Å². The second kappa shape index (κ2) is 9.12. The van der Waals surface area contributed by atoms with Crippen LogP contribution in [0.5, 0.6) is 0 Å². The van der Waals surface area contributed by atoms with Crippen LogP contribution in [0.1, 0.15) is 38.5 Å². The second-order valence-corrected chi connectivity index (χ2v) is 2.59. The van der Waals surface area contributed by atoms with Gasteiger partial charge in [0.1, 0.15) is 0 Å². The third-order valence-corrected chi connectivity index (χ3v) is 1.66. The predicted octanol–water partition coefficient (Wildman–Crippen LogP) is 3.21. The molecule has 0 atom stereocenters. The van der Waals surface area contributed by atoms with Gasteiger partial charge in [0.25, 0.3) is 0 Å². The Morgan fingerprint density at radius 2 is 1.18 bits per heavy atom. The van der Waals surface area contributed by atoms with Crippen molar-refractivity contribution in [3.63, 3.8) is 0 Å². The molecule has 0 saturated carbocycles. The Balaban J connectivity index is 0.000000292. The van der Waals surface area contributed by atoms with Gasteiger partial charge < -0.3 is 0 Å². The van der Waals surface area contributed by atoms with Crippen molar-refractivity contribution >= 4 is 6.01 Å². The van der Waals surface area contributed by atoms with Crippen LogP contribution in [0.15, 0.2) is 12.2 Å². The molecule has 11 heavy (non-hydrogen) atoms.